The van der Waals surface area contributed by atoms with E-state index in [1.54, 1.807) is 0 Å². The predicted octanol–water partition coefficient (Wildman–Crippen LogP) is 10.7. The van der Waals surface area contributed by atoms with Gasteiger partial charge in [0, 0.05) is 17.1 Å². The number of nitrogens with zero attached hydrogens (tertiary/aromatic N) is 4. The molecule has 0 saturated heterocycles. The van der Waals surface area contributed by atoms with Crippen molar-refractivity contribution < 1.29 is 82.9 Å². The summed E-state index contributed by atoms with van der Waals surface area (Å²) < 4.78 is 223. The average molecular weight is 857 g/mol. The van der Waals surface area contributed by atoms with Crippen LogP contribution in [0.4, 0.5) is 65.9 Å². The van der Waals surface area contributed by atoms with E-state index in [9.17, 15) is 39.5 Å². The van der Waals surface area contributed by atoms with E-state index in [1.165, 1.54) is 0 Å². The summed E-state index contributed by atoms with van der Waals surface area (Å²) in [6.07, 6.45) is 1.56. The maximum absolute atomic E-state index is 15.5. The number of hydrogen-bond acceptors (Lipinski definition) is 1. The number of aromatic nitrogens is 4. The Kier molecular flexibility index (Phi) is 9.47. The fraction of sp³-hybridized carbons (Fsp3) is 0. The molecule has 5 heterocycles. The summed E-state index contributed by atoms with van der Waals surface area (Å²) in [4.78, 5) is 16.3. The van der Waals surface area contributed by atoms with Crippen LogP contribution in [0.25, 0.3) is 78.6 Å². The van der Waals surface area contributed by atoms with Crippen LogP contribution in [0.3, 0.4) is 0 Å². The molecule has 0 amide bonds. The average Bonchev–Trinajstić information content (AvgIpc) is 4.03. The van der Waals surface area contributed by atoms with Crippen LogP contribution in [-0.2, 0) is 17.1 Å². The quantitative estimate of drug-likeness (QED) is 0.0769. The van der Waals surface area contributed by atoms with Gasteiger partial charge in [0.15, 0.2) is 69.8 Å². The first-order chi connectivity index (χ1) is 26.5. The van der Waals surface area contributed by atoms with Crippen LogP contribution in [0.15, 0.2) is 36.4 Å². The largest absolute Gasteiger partial charge is 0.658 e. The fourth-order valence-electron chi connectivity index (χ4n) is 6.20. The van der Waals surface area contributed by atoms with E-state index in [-0.39, 0.29) is 28.1 Å². The second-order valence-electron chi connectivity index (χ2n) is 11.8. The van der Waals surface area contributed by atoms with Gasteiger partial charge in [0.05, 0.1) is 28.1 Å². The van der Waals surface area contributed by atoms with Crippen LogP contribution < -0.4 is 15.0 Å². The molecule has 4 aromatic heterocycles. The Morgan fingerprint density at radius 2 is 0.474 bits per heavy atom. The second kappa shape index (κ2) is 13.8. The van der Waals surface area contributed by atoms with Crippen LogP contribution in [-0.4, -0.2) is 4.98 Å². The van der Waals surface area contributed by atoms with Crippen molar-refractivity contribution in [2.75, 3.05) is 0 Å². The molecule has 7 aromatic rings. The van der Waals surface area contributed by atoms with Crippen molar-refractivity contribution in [3.05, 3.63) is 135 Å². The zero-order chi connectivity index (χ0) is 40.2. The third-order valence-corrected chi connectivity index (χ3v) is 8.74. The Hall–Kier alpha value is -6.14. The molecule has 8 bridgehead atoms. The Morgan fingerprint density at radius 1 is 0.263 bits per heavy atom. The molecule has 0 fully saturated rings. The van der Waals surface area contributed by atoms with Crippen molar-refractivity contribution in [2.24, 2.45) is 0 Å². The third-order valence-electron chi connectivity index (χ3n) is 8.74. The molecule has 0 N–H and O–H groups in total. The SMILES string of the molecule is Fc1c(F)c(F)c(-c2c3nc(c(-c4c(F)c(F)c(F)c(F)c4F)c4ccc([n-]4)c4ccc([n-]4)c(-c4c(F)c(F)c(F)c(F)c4F)c4ccc2[n-]4)C=C3)c(F)c1F.[Cu]. The molecule has 0 aliphatic carbocycles. The zero-order valence-corrected chi connectivity index (χ0v) is 27.8. The summed E-state index contributed by atoms with van der Waals surface area (Å²) in [5.74, 6) is -37.0. The topological polar surface area (TPSA) is 55.2 Å². The molecule has 0 saturated carbocycles. The molecule has 0 atom stereocenters. The van der Waals surface area contributed by atoms with E-state index in [2.05, 4.69) is 19.9 Å². The molecule has 1 aliphatic rings. The normalized spacial score (nSPS) is 11.9. The van der Waals surface area contributed by atoms with Gasteiger partial charge in [-0.2, -0.15) is 11.0 Å². The van der Waals surface area contributed by atoms with Gasteiger partial charge < -0.3 is 15.0 Å². The van der Waals surface area contributed by atoms with Crippen molar-refractivity contribution >= 4 is 45.3 Å². The van der Waals surface area contributed by atoms with Gasteiger partial charge in [-0.15, -0.1) is 22.1 Å². The van der Waals surface area contributed by atoms with Crippen molar-refractivity contribution in [3.8, 4) is 33.4 Å². The maximum Gasteiger partial charge on any atom is 0.200 e. The van der Waals surface area contributed by atoms with Gasteiger partial charge in [0.2, 0.25) is 17.5 Å². The Balaban J connectivity index is 0.00000496. The van der Waals surface area contributed by atoms with Gasteiger partial charge in [-0.25, -0.2) is 70.8 Å². The number of rotatable bonds is 3. The summed E-state index contributed by atoms with van der Waals surface area (Å²) in [6.45, 7) is 0. The van der Waals surface area contributed by atoms with E-state index < -0.39 is 154 Å². The van der Waals surface area contributed by atoms with E-state index in [4.69, 9.17) is 0 Å². The molecule has 1 radical (unpaired) electrons. The van der Waals surface area contributed by atoms with Gasteiger partial charge in [-0.3, -0.25) is 0 Å². The number of fused-ring (bicyclic) bond motifs is 9. The minimum absolute atomic E-state index is 0. The summed E-state index contributed by atoms with van der Waals surface area (Å²) in [7, 11) is 0. The van der Waals surface area contributed by atoms with Gasteiger partial charge in [-0.1, -0.05) is 36.4 Å². The summed E-state index contributed by atoms with van der Waals surface area (Å²) in [6, 6.07) is 5.64. The summed E-state index contributed by atoms with van der Waals surface area (Å²) in [5.41, 5.74) is -13.0. The molecule has 0 spiro atoms. The smallest absolute Gasteiger partial charge is 0.200 e. The number of halogens is 15. The van der Waals surface area contributed by atoms with E-state index in [0.29, 0.717) is 0 Å². The Bertz CT molecular complexity index is 2970. The summed E-state index contributed by atoms with van der Waals surface area (Å²) in [5, 5.41) is 0. The molecule has 20 heteroatoms. The molecule has 3 aromatic carbocycles. The van der Waals surface area contributed by atoms with Gasteiger partial charge >= 0.3 is 0 Å². The molecular formula is C37H8CuF15N4-3. The molecule has 295 valence electrons. The minimum atomic E-state index is -2.62. The minimum Gasteiger partial charge on any atom is -0.658 e. The van der Waals surface area contributed by atoms with E-state index >= 15 is 26.3 Å². The van der Waals surface area contributed by atoms with Crippen molar-refractivity contribution in [1.82, 2.24) is 19.9 Å². The van der Waals surface area contributed by atoms with Crippen molar-refractivity contribution in [1.29, 1.82) is 0 Å². The fourth-order valence-corrected chi connectivity index (χ4v) is 6.20. The molecule has 1 aliphatic heterocycles. The first-order valence-electron chi connectivity index (χ1n) is 15.3. The maximum atomic E-state index is 15.5. The van der Waals surface area contributed by atoms with E-state index in [0.717, 1.165) is 48.6 Å². The van der Waals surface area contributed by atoms with Gasteiger partial charge in [0.25, 0.3) is 0 Å². The Morgan fingerprint density at radius 3 is 0.772 bits per heavy atom. The number of benzene rings is 3. The van der Waals surface area contributed by atoms with Crippen LogP contribution in [0, 0.1) is 87.3 Å². The standard InChI is InChI=1S/C37H8F15N4.Cu/c38-23-20(24(39)30(45)35(50)29(23)44)17-11-3-1-9(53-11)10-2-4-12(54-10)18(21-25(40)31(46)36(51)32(47)26(21)41)14-6-8-16(56-14)19(15-7-5-13(17)55-15)22-27(42)33(48)37(52)34(49)28(22)43;/h1-8H;/q-3;. The number of hydrogen-bond donors (Lipinski definition) is 0. The molecule has 0 unspecified atom stereocenters. The predicted molar refractivity (Wildman–Crippen MR) is 168 cm³/mol. The monoisotopic (exact) mass is 856 g/mol. The molecular weight excluding hydrogens is 849 g/mol. The molecule has 57 heavy (non-hydrogen) atoms. The van der Waals surface area contributed by atoms with Crippen molar-refractivity contribution in [2.45, 2.75) is 0 Å². The van der Waals surface area contributed by atoms with Gasteiger partial charge in [-0.05, 0) is 28.8 Å². The summed E-state index contributed by atoms with van der Waals surface area (Å²) >= 11 is 0. The third kappa shape index (κ3) is 5.68. The first kappa shape index (κ1) is 39.1. The van der Waals surface area contributed by atoms with Crippen molar-refractivity contribution in [3.63, 3.8) is 0 Å². The van der Waals surface area contributed by atoms with Crippen LogP contribution >= 0.6 is 0 Å². The molecule has 4 nitrogen and oxygen atoms in total. The Labute approximate surface area is 316 Å². The van der Waals surface area contributed by atoms with Crippen LogP contribution in [0.1, 0.15) is 11.4 Å². The van der Waals surface area contributed by atoms with Crippen LogP contribution in [0.5, 0.6) is 0 Å². The van der Waals surface area contributed by atoms with Gasteiger partial charge in [0.1, 0.15) is 0 Å². The molecule has 8 rings (SSSR count). The van der Waals surface area contributed by atoms with Crippen LogP contribution in [0.2, 0.25) is 0 Å². The second-order valence-corrected chi connectivity index (χ2v) is 11.8. The zero-order valence-electron chi connectivity index (χ0n) is 26.9. The first-order valence-corrected chi connectivity index (χ1v) is 15.3. The van der Waals surface area contributed by atoms with E-state index in [1.807, 2.05) is 0 Å².